The van der Waals surface area contributed by atoms with Crippen molar-refractivity contribution in [2.45, 2.75) is 64.8 Å². The first-order chi connectivity index (χ1) is 17.4. The molecule has 8 nitrogen and oxygen atoms in total. The summed E-state index contributed by atoms with van der Waals surface area (Å²) in [6, 6.07) is 6.24. The van der Waals surface area contributed by atoms with Crippen LogP contribution in [0.15, 0.2) is 18.2 Å². The highest BCUT2D eigenvalue weighted by Crippen LogP contribution is 2.24. The van der Waals surface area contributed by atoms with Gasteiger partial charge in [-0.1, -0.05) is 37.5 Å². The maximum Gasteiger partial charge on any atom is 0.238 e. The predicted molar refractivity (Wildman–Crippen MR) is 142 cm³/mol. The molecule has 198 valence electrons. The van der Waals surface area contributed by atoms with Gasteiger partial charge >= 0.3 is 0 Å². The average molecular weight is 498 g/mol. The van der Waals surface area contributed by atoms with Crippen molar-refractivity contribution in [2.75, 3.05) is 57.7 Å². The van der Waals surface area contributed by atoms with E-state index >= 15 is 0 Å². The van der Waals surface area contributed by atoms with Crippen LogP contribution in [0.25, 0.3) is 0 Å². The predicted octanol–water partition coefficient (Wildman–Crippen LogP) is 2.55. The molecule has 2 N–H and O–H groups in total. The Morgan fingerprint density at radius 2 is 1.42 bits per heavy atom. The van der Waals surface area contributed by atoms with E-state index in [4.69, 9.17) is 0 Å². The van der Waals surface area contributed by atoms with Crippen LogP contribution in [0.3, 0.4) is 0 Å². The summed E-state index contributed by atoms with van der Waals surface area (Å²) in [6.07, 6.45) is 7.49. The smallest absolute Gasteiger partial charge is 0.238 e. The minimum atomic E-state index is -0.00868. The lowest BCUT2D eigenvalue weighted by Crippen LogP contribution is -2.53. The van der Waals surface area contributed by atoms with Gasteiger partial charge in [-0.25, -0.2) is 0 Å². The Balaban J connectivity index is 1.13. The highest BCUT2D eigenvalue weighted by molar-refractivity contribution is 5.93. The SMILES string of the molecule is Cc1cccc(C)c1NC(=O)CN1CCN(C(=O)CN2CCC(NC(=O)C3CCCCC3)CC2)CC1. The fourth-order valence-corrected chi connectivity index (χ4v) is 5.76. The molecule has 3 aliphatic rings. The zero-order valence-corrected chi connectivity index (χ0v) is 22.1. The lowest BCUT2D eigenvalue weighted by molar-refractivity contribution is -0.135. The van der Waals surface area contributed by atoms with Gasteiger partial charge in [-0.15, -0.1) is 0 Å². The van der Waals surface area contributed by atoms with Gasteiger partial charge in [0.25, 0.3) is 0 Å². The minimum Gasteiger partial charge on any atom is -0.353 e. The Morgan fingerprint density at radius 3 is 2.06 bits per heavy atom. The van der Waals surface area contributed by atoms with Crippen LogP contribution in [0.4, 0.5) is 5.69 Å². The summed E-state index contributed by atoms with van der Waals surface area (Å²) in [5.41, 5.74) is 3.03. The Kier molecular flexibility index (Phi) is 9.37. The van der Waals surface area contributed by atoms with Gasteiger partial charge in [0.2, 0.25) is 17.7 Å². The molecule has 0 bridgehead atoms. The van der Waals surface area contributed by atoms with Gasteiger partial charge in [0.15, 0.2) is 0 Å². The molecule has 1 aromatic rings. The van der Waals surface area contributed by atoms with Gasteiger partial charge in [0, 0.05) is 56.9 Å². The number of rotatable bonds is 7. The number of benzene rings is 1. The van der Waals surface area contributed by atoms with Crippen molar-refractivity contribution >= 4 is 23.4 Å². The van der Waals surface area contributed by atoms with Gasteiger partial charge in [0.1, 0.15) is 0 Å². The van der Waals surface area contributed by atoms with Crippen molar-refractivity contribution in [1.82, 2.24) is 20.0 Å². The molecule has 3 fully saturated rings. The Morgan fingerprint density at radius 1 is 0.806 bits per heavy atom. The maximum atomic E-state index is 12.9. The largest absolute Gasteiger partial charge is 0.353 e. The van der Waals surface area contributed by atoms with E-state index in [0.717, 1.165) is 55.6 Å². The lowest BCUT2D eigenvalue weighted by atomic mass is 9.88. The average Bonchev–Trinajstić information content (AvgIpc) is 2.88. The van der Waals surface area contributed by atoms with E-state index in [-0.39, 0.29) is 29.7 Å². The second-order valence-corrected chi connectivity index (χ2v) is 10.9. The summed E-state index contributed by atoms with van der Waals surface area (Å²) in [4.78, 5) is 44.3. The number of anilines is 1. The maximum absolute atomic E-state index is 12.9. The number of nitrogens with one attached hydrogen (secondary N) is 2. The van der Waals surface area contributed by atoms with E-state index in [1.807, 2.05) is 36.9 Å². The second-order valence-electron chi connectivity index (χ2n) is 10.9. The number of carbonyl (C=O) groups excluding carboxylic acids is 3. The van der Waals surface area contributed by atoms with E-state index in [0.29, 0.717) is 39.3 Å². The van der Waals surface area contributed by atoms with E-state index in [9.17, 15) is 14.4 Å². The van der Waals surface area contributed by atoms with Crippen molar-refractivity contribution < 1.29 is 14.4 Å². The van der Waals surface area contributed by atoms with Crippen molar-refractivity contribution in [3.63, 3.8) is 0 Å². The summed E-state index contributed by atoms with van der Waals surface area (Å²) < 4.78 is 0. The highest BCUT2D eigenvalue weighted by atomic mass is 16.2. The summed E-state index contributed by atoms with van der Waals surface area (Å²) in [7, 11) is 0. The summed E-state index contributed by atoms with van der Waals surface area (Å²) in [6.45, 7) is 9.22. The van der Waals surface area contributed by atoms with E-state index in [2.05, 4.69) is 20.4 Å². The van der Waals surface area contributed by atoms with Crippen LogP contribution in [-0.4, -0.2) is 90.8 Å². The number of piperidine rings is 1. The summed E-state index contributed by atoms with van der Waals surface area (Å²) in [5.74, 6) is 0.601. The number of hydrogen-bond donors (Lipinski definition) is 2. The van der Waals surface area contributed by atoms with Crippen LogP contribution < -0.4 is 10.6 Å². The molecule has 1 saturated carbocycles. The number of nitrogens with zero attached hydrogens (tertiary/aromatic N) is 3. The molecule has 3 amide bonds. The molecule has 2 saturated heterocycles. The topological polar surface area (TPSA) is 85.0 Å². The monoisotopic (exact) mass is 497 g/mol. The van der Waals surface area contributed by atoms with Crippen molar-refractivity contribution in [3.05, 3.63) is 29.3 Å². The fraction of sp³-hybridized carbons (Fsp3) is 0.679. The van der Waals surface area contributed by atoms with E-state index < -0.39 is 0 Å². The minimum absolute atomic E-state index is 0.00868. The molecule has 0 atom stereocenters. The van der Waals surface area contributed by atoms with Gasteiger partial charge in [-0.3, -0.25) is 24.2 Å². The van der Waals surface area contributed by atoms with Gasteiger partial charge in [0.05, 0.1) is 13.1 Å². The molecule has 0 aromatic heterocycles. The molecular formula is C28H43N5O3. The molecule has 0 unspecified atom stereocenters. The summed E-state index contributed by atoms with van der Waals surface area (Å²) >= 11 is 0. The highest BCUT2D eigenvalue weighted by Gasteiger charge is 2.28. The van der Waals surface area contributed by atoms with Gasteiger partial charge in [-0.2, -0.15) is 0 Å². The number of carbonyl (C=O) groups is 3. The third-order valence-corrected chi connectivity index (χ3v) is 8.11. The molecule has 1 aromatic carbocycles. The van der Waals surface area contributed by atoms with Crippen LogP contribution in [0, 0.1) is 19.8 Å². The number of amides is 3. The van der Waals surface area contributed by atoms with Crippen LogP contribution >= 0.6 is 0 Å². The van der Waals surface area contributed by atoms with Crippen LogP contribution in [0.2, 0.25) is 0 Å². The first kappa shape index (κ1) is 26.6. The number of piperazine rings is 1. The number of hydrogen-bond acceptors (Lipinski definition) is 5. The Hall–Kier alpha value is -2.45. The van der Waals surface area contributed by atoms with Crippen LogP contribution in [0.5, 0.6) is 0 Å². The molecular weight excluding hydrogens is 454 g/mol. The molecule has 2 heterocycles. The Bertz CT molecular complexity index is 894. The van der Waals surface area contributed by atoms with Gasteiger partial charge < -0.3 is 15.5 Å². The first-order valence-electron chi connectivity index (χ1n) is 13.8. The normalized spacial score (nSPS) is 20.8. The van der Waals surface area contributed by atoms with Crippen molar-refractivity contribution in [1.29, 1.82) is 0 Å². The first-order valence-corrected chi connectivity index (χ1v) is 13.8. The zero-order valence-electron chi connectivity index (χ0n) is 22.1. The molecule has 1 aliphatic carbocycles. The molecule has 8 heteroatoms. The third kappa shape index (κ3) is 7.29. The van der Waals surface area contributed by atoms with Crippen LogP contribution in [0.1, 0.15) is 56.1 Å². The number of para-hydroxylation sites is 1. The zero-order chi connectivity index (χ0) is 25.5. The molecule has 4 rings (SSSR count). The molecule has 36 heavy (non-hydrogen) atoms. The third-order valence-electron chi connectivity index (χ3n) is 8.11. The van der Waals surface area contributed by atoms with Crippen molar-refractivity contribution in [3.8, 4) is 0 Å². The van der Waals surface area contributed by atoms with Crippen molar-refractivity contribution in [2.24, 2.45) is 5.92 Å². The Labute approximate surface area is 215 Å². The van der Waals surface area contributed by atoms with Crippen LogP contribution in [-0.2, 0) is 14.4 Å². The van der Waals surface area contributed by atoms with E-state index in [1.165, 1.54) is 19.3 Å². The summed E-state index contributed by atoms with van der Waals surface area (Å²) in [5, 5.41) is 6.32. The van der Waals surface area contributed by atoms with Gasteiger partial charge in [-0.05, 0) is 50.7 Å². The second kappa shape index (κ2) is 12.7. The molecule has 0 spiro atoms. The molecule has 0 radical (unpaired) electrons. The number of likely N-dealkylation sites (tertiary alicyclic amines) is 1. The standard InChI is InChI=1S/C28H43N5O3/c1-21-7-6-8-22(2)27(21)30-25(34)19-32-15-17-33(18-16-32)26(35)20-31-13-11-24(12-14-31)29-28(36)23-9-4-3-5-10-23/h6-8,23-24H,3-5,9-20H2,1-2H3,(H,29,36)(H,30,34). The van der Waals surface area contributed by atoms with E-state index in [1.54, 1.807) is 0 Å². The number of aryl methyl sites for hydroxylation is 2. The fourth-order valence-electron chi connectivity index (χ4n) is 5.76. The lowest BCUT2D eigenvalue weighted by Gasteiger charge is -2.37. The quantitative estimate of drug-likeness (QED) is 0.605. The molecule has 2 aliphatic heterocycles.